The van der Waals surface area contributed by atoms with Crippen molar-refractivity contribution in [2.45, 2.75) is 33.2 Å². The normalized spacial score (nSPS) is 17.4. The third-order valence-corrected chi connectivity index (χ3v) is 4.53. The lowest BCUT2D eigenvalue weighted by molar-refractivity contribution is -0.130. The molecule has 132 valence electrons. The molecule has 2 heterocycles. The molecule has 0 spiro atoms. The van der Waals surface area contributed by atoms with Crippen molar-refractivity contribution in [1.82, 2.24) is 14.9 Å². The van der Waals surface area contributed by atoms with Crippen LogP contribution in [-0.2, 0) is 4.79 Å². The third kappa shape index (κ3) is 4.13. The van der Waals surface area contributed by atoms with Crippen molar-refractivity contribution in [1.29, 1.82) is 0 Å². The molecule has 3 rings (SSSR count). The first-order valence-corrected chi connectivity index (χ1v) is 8.47. The summed E-state index contributed by atoms with van der Waals surface area (Å²) < 4.78 is 13.1. The Hall–Kier alpha value is -2.50. The number of rotatable bonds is 4. The van der Waals surface area contributed by atoms with Gasteiger partial charge in [-0.05, 0) is 43.0 Å². The minimum absolute atomic E-state index is 0.0764. The number of carbonyl (C=O) groups is 1. The van der Waals surface area contributed by atoms with E-state index < -0.39 is 0 Å². The molecule has 1 aliphatic rings. The number of anilines is 1. The van der Waals surface area contributed by atoms with E-state index in [2.05, 4.69) is 29.1 Å². The molecule has 0 bridgehead atoms. The minimum Gasteiger partial charge on any atom is -0.359 e. The van der Waals surface area contributed by atoms with Crippen LogP contribution in [0.5, 0.6) is 0 Å². The van der Waals surface area contributed by atoms with Crippen LogP contribution in [0.1, 0.15) is 27.2 Å². The maximum atomic E-state index is 13.1. The second-order valence-electron chi connectivity index (χ2n) is 7.34. The number of halogens is 1. The number of carbonyl (C=O) groups excluding carboxylic acids is 1. The number of benzene rings is 1. The predicted molar refractivity (Wildman–Crippen MR) is 95.5 cm³/mol. The van der Waals surface area contributed by atoms with Gasteiger partial charge in [-0.1, -0.05) is 13.8 Å². The van der Waals surface area contributed by atoms with Crippen molar-refractivity contribution in [3.8, 4) is 11.3 Å². The van der Waals surface area contributed by atoms with E-state index in [-0.39, 0.29) is 23.2 Å². The van der Waals surface area contributed by atoms with E-state index in [1.54, 1.807) is 18.2 Å². The van der Waals surface area contributed by atoms with Gasteiger partial charge in [0.1, 0.15) is 24.0 Å². The van der Waals surface area contributed by atoms with Gasteiger partial charge < -0.3 is 10.2 Å². The Labute approximate surface area is 147 Å². The van der Waals surface area contributed by atoms with Crippen molar-refractivity contribution in [3.05, 3.63) is 42.5 Å². The van der Waals surface area contributed by atoms with E-state index in [9.17, 15) is 9.18 Å². The average molecular weight is 342 g/mol. The van der Waals surface area contributed by atoms with E-state index in [4.69, 9.17) is 0 Å². The zero-order chi connectivity index (χ0) is 18.0. The van der Waals surface area contributed by atoms with E-state index in [0.29, 0.717) is 11.5 Å². The Morgan fingerprint density at radius 1 is 1.28 bits per heavy atom. The highest BCUT2D eigenvalue weighted by Gasteiger charge is 2.33. The quantitative estimate of drug-likeness (QED) is 0.926. The fraction of sp³-hybridized carbons (Fsp3) is 0.421. The zero-order valence-electron chi connectivity index (χ0n) is 14.8. The highest BCUT2D eigenvalue weighted by atomic mass is 19.1. The number of amides is 1. The second kappa shape index (κ2) is 6.78. The Balaban J connectivity index is 1.69. The molecule has 1 N–H and O–H groups in total. The molecule has 1 aromatic carbocycles. The first kappa shape index (κ1) is 17.3. The van der Waals surface area contributed by atoms with Gasteiger partial charge >= 0.3 is 0 Å². The molecule has 1 aliphatic heterocycles. The van der Waals surface area contributed by atoms with Crippen LogP contribution in [0.25, 0.3) is 11.3 Å². The van der Waals surface area contributed by atoms with Gasteiger partial charge in [0, 0.05) is 24.7 Å². The molecule has 1 amide bonds. The summed E-state index contributed by atoms with van der Waals surface area (Å²) in [5.41, 5.74) is 1.66. The topological polar surface area (TPSA) is 58.1 Å². The summed E-state index contributed by atoms with van der Waals surface area (Å²) in [6.07, 6.45) is 2.46. The molecule has 1 saturated heterocycles. The summed E-state index contributed by atoms with van der Waals surface area (Å²) >= 11 is 0. The molecule has 1 atom stereocenters. The Bertz CT molecular complexity index is 760. The maximum Gasteiger partial charge on any atom is 0.244 e. The molecule has 6 heteroatoms. The fourth-order valence-electron chi connectivity index (χ4n) is 3.07. The summed E-state index contributed by atoms with van der Waals surface area (Å²) in [5.74, 6) is 0.366. The third-order valence-electron chi connectivity index (χ3n) is 4.53. The highest BCUT2D eigenvalue weighted by molar-refractivity contribution is 5.84. The molecule has 25 heavy (non-hydrogen) atoms. The van der Waals surface area contributed by atoms with E-state index in [1.807, 2.05) is 11.8 Å². The number of hydrogen-bond acceptors (Lipinski definition) is 4. The van der Waals surface area contributed by atoms with Gasteiger partial charge in [-0.15, -0.1) is 0 Å². The number of nitrogens with zero attached hydrogens (tertiary/aromatic N) is 3. The molecular formula is C19H23FN4O. The van der Waals surface area contributed by atoms with Crippen LogP contribution in [0.2, 0.25) is 0 Å². The lowest BCUT2D eigenvalue weighted by Crippen LogP contribution is -2.40. The van der Waals surface area contributed by atoms with Crippen molar-refractivity contribution >= 4 is 11.7 Å². The Kier molecular flexibility index (Phi) is 4.70. The Morgan fingerprint density at radius 2 is 2.00 bits per heavy atom. The smallest absolute Gasteiger partial charge is 0.244 e. The predicted octanol–water partition coefficient (Wildman–Crippen LogP) is 3.34. The van der Waals surface area contributed by atoms with Crippen molar-refractivity contribution in [2.75, 3.05) is 18.4 Å². The number of likely N-dealkylation sites (tertiary alicyclic amines) is 1. The molecule has 5 nitrogen and oxygen atoms in total. The number of aromatic nitrogens is 2. The lowest BCUT2D eigenvalue weighted by atomic mass is 9.93. The maximum absolute atomic E-state index is 13.1. The van der Waals surface area contributed by atoms with Gasteiger partial charge in [0.25, 0.3) is 0 Å². The molecule has 0 unspecified atom stereocenters. The molecule has 0 radical (unpaired) electrons. The standard InChI is InChI=1S/C19H23FN4O/c1-13(18(25)24-9-8-19(2,3)11-24)23-17-10-16(21-12-22-17)14-4-6-15(20)7-5-14/h4-7,10,12-13H,8-9,11H2,1-3H3,(H,21,22,23)/t13-/m1/s1. The molecule has 0 saturated carbocycles. The Morgan fingerprint density at radius 3 is 2.64 bits per heavy atom. The number of hydrogen-bond donors (Lipinski definition) is 1. The largest absolute Gasteiger partial charge is 0.359 e. The summed E-state index contributed by atoms with van der Waals surface area (Å²) in [6, 6.07) is 7.53. The van der Waals surface area contributed by atoms with Crippen molar-refractivity contribution in [2.24, 2.45) is 5.41 Å². The number of nitrogens with one attached hydrogen (secondary N) is 1. The minimum atomic E-state index is -0.370. The van der Waals surface area contributed by atoms with E-state index in [1.165, 1.54) is 18.5 Å². The molecule has 1 fully saturated rings. The van der Waals surface area contributed by atoms with Crippen LogP contribution in [-0.4, -0.2) is 39.9 Å². The molecular weight excluding hydrogens is 319 g/mol. The molecule has 1 aromatic heterocycles. The van der Waals surface area contributed by atoms with Gasteiger partial charge in [0.05, 0.1) is 5.69 Å². The van der Waals surface area contributed by atoms with E-state index >= 15 is 0 Å². The first-order valence-electron chi connectivity index (χ1n) is 8.47. The SMILES string of the molecule is C[C@@H](Nc1cc(-c2ccc(F)cc2)ncn1)C(=O)N1CCC(C)(C)C1. The van der Waals surface area contributed by atoms with Crippen LogP contribution < -0.4 is 5.32 Å². The van der Waals surface area contributed by atoms with Crippen LogP contribution in [0.15, 0.2) is 36.7 Å². The summed E-state index contributed by atoms with van der Waals surface area (Å²) in [6.45, 7) is 7.77. The van der Waals surface area contributed by atoms with Gasteiger partial charge in [-0.3, -0.25) is 4.79 Å². The highest BCUT2D eigenvalue weighted by Crippen LogP contribution is 2.29. The summed E-state index contributed by atoms with van der Waals surface area (Å²) in [5, 5.41) is 3.15. The lowest BCUT2D eigenvalue weighted by Gasteiger charge is -2.23. The average Bonchev–Trinajstić information content (AvgIpc) is 2.95. The van der Waals surface area contributed by atoms with Crippen LogP contribution in [0.4, 0.5) is 10.2 Å². The van der Waals surface area contributed by atoms with Gasteiger partial charge in [-0.2, -0.15) is 0 Å². The van der Waals surface area contributed by atoms with Crippen molar-refractivity contribution < 1.29 is 9.18 Å². The molecule has 2 aromatic rings. The van der Waals surface area contributed by atoms with Gasteiger partial charge in [0.2, 0.25) is 5.91 Å². The van der Waals surface area contributed by atoms with Crippen molar-refractivity contribution in [3.63, 3.8) is 0 Å². The summed E-state index contributed by atoms with van der Waals surface area (Å²) in [4.78, 5) is 22.9. The van der Waals surface area contributed by atoms with Crippen LogP contribution in [0.3, 0.4) is 0 Å². The monoisotopic (exact) mass is 342 g/mol. The van der Waals surface area contributed by atoms with E-state index in [0.717, 1.165) is 25.1 Å². The summed E-state index contributed by atoms with van der Waals surface area (Å²) in [7, 11) is 0. The van der Waals surface area contributed by atoms with Crippen LogP contribution in [0, 0.1) is 11.2 Å². The van der Waals surface area contributed by atoms with Gasteiger partial charge in [-0.25, -0.2) is 14.4 Å². The fourth-order valence-corrected chi connectivity index (χ4v) is 3.07. The first-order chi connectivity index (χ1) is 11.8. The molecule has 0 aliphatic carbocycles. The van der Waals surface area contributed by atoms with Gasteiger partial charge in [0.15, 0.2) is 0 Å². The van der Waals surface area contributed by atoms with Crippen LogP contribution >= 0.6 is 0 Å². The second-order valence-corrected chi connectivity index (χ2v) is 7.34. The zero-order valence-corrected chi connectivity index (χ0v) is 14.8.